The topological polar surface area (TPSA) is 50.9 Å². The number of nitrogen functional groups attached to an aromatic ring is 1. The van der Waals surface area contributed by atoms with E-state index in [-0.39, 0.29) is 11.5 Å². The normalized spacial score (nSPS) is 10.4. The molecule has 0 amide bonds. The number of hydrogen-bond donors (Lipinski definition) is 2. The lowest BCUT2D eigenvalue weighted by atomic mass is 10.3. The van der Waals surface area contributed by atoms with Gasteiger partial charge in [0.25, 0.3) is 0 Å². The molecule has 3 N–H and O–H groups in total. The van der Waals surface area contributed by atoms with Crippen LogP contribution in [0.4, 0.5) is 26.0 Å². The first kappa shape index (κ1) is 13.2. The van der Waals surface area contributed by atoms with E-state index in [9.17, 15) is 8.78 Å². The van der Waals surface area contributed by atoms with E-state index in [1.54, 1.807) is 6.07 Å². The number of hydrogen-bond acceptors (Lipinski definition) is 3. The minimum atomic E-state index is -0.715. The van der Waals surface area contributed by atoms with Crippen molar-refractivity contribution in [3.05, 3.63) is 45.0 Å². The smallest absolute Gasteiger partial charge is 0.150 e. The van der Waals surface area contributed by atoms with E-state index in [4.69, 9.17) is 5.73 Å². The average Bonchev–Trinajstić information content (AvgIpc) is 2.25. The first-order valence-electron chi connectivity index (χ1n) is 4.80. The van der Waals surface area contributed by atoms with Crippen LogP contribution in [0.25, 0.3) is 0 Å². The molecule has 0 atom stereocenters. The van der Waals surface area contributed by atoms with Crippen LogP contribution >= 0.6 is 31.9 Å². The fourth-order valence-corrected chi connectivity index (χ4v) is 2.19. The van der Waals surface area contributed by atoms with E-state index in [1.165, 1.54) is 6.20 Å². The minimum Gasteiger partial charge on any atom is -0.397 e. The van der Waals surface area contributed by atoms with Gasteiger partial charge in [0.1, 0.15) is 11.5 Å². The number of anilines is 3. The van der Waals surface area contributed by atoms with E-state index in [0.717, 1.165) is 12.1 Å². The van der Waals surface area contributed by atoms with Gasteiger partial charge in [0, 0.05) is 4.47 Å². The Morgan fingerprint density at radius 2 is 1.72 bits per heavy atom. The third kappa shape index (κ3) is 2.78. The zero-order valence-corrected chi connectivity index (χ0v) is 12.0. The van der Waals surface area contributed by atoms with Crippen molar-refractivity contribution >= 4 is 49.1 Å². The first-order chi connectivity index (χ1) is 8.47. The van der Waals surface area contributed by atoms with Gasteiger partial charge in [0.15, 0.2) is 11.6 Å². The van der Waals surface area contributed by atoms with Crippen molar-refractivity contribution in [1.29, 1.82) is 0 Å². The van der Waals surface area contributed by atoms with E-state index < -0.39 is 11.6 Å². The summed E-state index contributed by atoms with van der Waals surface area (Å²) in [4.78, 5) is 3.95. The maximum Gasteiger partial charge on any atom is 0.150 e. The molecule has 1 aromatic heterocycles. The Morgan fingerprint density at radius 3 is 2.28 bits per heavy atom. The van der Waals surface area contributed by atoms with Crippen molar-refractivity contribution in [2.24, 2.45) is 0 Å². The number of benzene rings is 1. The summed E-state index contributed by atoms with van der Waals surface area (Å²) in [5.74, 6) is -1.15. The summed E-state index contributed by atoms with van der Waals surface area (Å²) in [6, 6.07) is 3.91. The molecule has 0 aliphatic rings. The van der Waals surface area contributed by atoms with Gasteiger partial charge in [0.2, 0.25) is 0 Å². The predicted molar refractivity (Wildman–Crippen MR) is 73.7 cm³/mol. The van der Waals surface area contributed by atoms with E-state index in [0.29, 0.717) is 14.6 Å². The van der Waals surface area contributed by atoms with Gasteiger partial charge in [-0.1, -0.05) is 15.9 Å². The molecule has 0 bridgehead atoms. The van der Waals surface area contributed by atoms with Crippen molar-refractivity contribution in [3.8, 4) is 0 Å². The van der Waals surface area contributed by atoms with Crippen molar-refractivity contribution in [3.63, 3.8) is 0 Å². The molecule has 0 saturated carbocycles. The summed E-state index contributed by atoms with van der Waals surface area (Å²) in [7, 11) is 0. The quantitative estimate of drug-likeness (QED) is 0.822. The molecule has 0 unspecified atom stereocenters. The van der Waals surface area contributed by atoms with Gasteiger partial charge < -0.3 is 11.1 Å². The van der Waals surface area contributed by atoms with E-state index in [2.05, 4.69) is 42.2 Å². The number of pyridine rings is 1. The molecule has 18 heavy (non-hydrogen) atoms. The van der Waals surface area contributed by atoms with Crippen LogP contribution in [-0.4, -0.2) is 4.98 Å². The number of nitrogens with one attached hydrogen (secondary N) is 1. The van der Waals surface area contributed by atoms with Crippen LogP contribution in [0.5, 0.6) is 0 Å². The number of nitrogens with zero attached hydrogens (tertiary/aromatic N) is 1. The van der Waals surface area contributed by atoms with Crippen molar-refractivity contribution < 1.29 is 8.78 Å². The van der Waals surface area contributed by atoms with E-state index in [1.807, 2.05) is 0 Å². The SMILES string of the molecule is Nc1cnc(Nc2c(F)cc(Br)cc2F)c(Br)c1. The van der Waals surface area contributed by atoms with Crippen LogP contribution in [0.2, 0.25) is 0 Å². The fraction of sp³-hybridized carbons (Fsp3) is 0. The number of rotatable bonds is 2. The number of halogens is 4. The van der Waals surface area contributed by atoms with E-state index >= 15 is 0 Å². The Balaban J connectivity index is 2.40. The lowest BCUT2D eigenvalue weighted by Crippen LogP contribution is -2.01. The van der Waals surface area contributed by atoms with Crippen LogP contribution in [-0.2, 0) is 0 Å². The zero-order valence-electron chi connectivity index (χ0n) is 8.85. The highest BCUT2D eigenvalue weighted by Gasteiger charge is 2.12. The molecule has 0 fully saturated rings. The first-order valence-corrected chi connectivity index (χ1v) is 6.38. The molecule has 0 aliphatic carbocycles. The van der Waals surface area contributed by atoms with Crippen molar-refractivity contribution in [2.75, 3.05) is 11.1 Å². The Kier molecular flexibility index (Phi) is 3.82. The highest BCUT2D eigenvalue weighted by Crippen LogP contribution is 2.29. The Hall–Kier alpha value is -1.21. The van der Waals surface area contributed by atoms with Crippen molar-refractivity contribution in [2.45, 2.75) is 0 Å². The highest BCUT2D eigenvalue weighted by molar-refractivity contribution is 9.10. The summed E-state index contributed by atoms with van der Waals surface area (Å²) < 4.78 is 28.1. The third-order valence-electron chi connectivity index (χ3n) is 2.11. The summed E-state index contributed by atoms with van der Waals surface area (Å²) >= 11 is 6.22. The lowest BCUT2D eigenvalue weighted by molar-refractivity contribution is 0.589. The Labute approximate surface area is 119 Å². The molecule has 3 nitrogen and oxygen atoms in total. The Morgan fingerprint density at radius 1 is 1.11 bits per heavy atom. The lowest BCUT2D eigenvalue weighted by Gasteiger charge is -2.10. The summed E-state index contributed by atoms with van der Waals surface area (Å²) in [5.41, 5.74) is 5.71. The van der Waals surface area contributed by atoms with Gasteiger partial charge in [-0.05, 0) is 34.1 Å². The maximum absolute atomic E-state index is 13.6. The molecule has 1 heterocycles. The second kappa shape index (κ2) is 5.19. The molecule has 0 radical (unpaired) electrons. The van der Waals surface area contributed by atoms with Crippen LogP contribution in [0.3, 0.4) is 0 Å². The molecule has 2 aromatic rings. The van der Waals surface area contributed by atoms with Crippen LogP contribution < -0.4 is 11.1 Å². The second-order valence-corrected chi connectivity index (χ2v) is 5.24. The molecular formula is C11H7Br2F2N3. The molecular weight excluding hydrogens is 372 g/mol. The third-order valence-corrected chi connectivity index (χ3v) is 3.17. The second-order valence-electron chi connectivity index (χ2n) is 3.47. The molecule has 1 aromatic carbocycles. The van der Waals surface area contributed by atoms with Gasteiger partial charge in [-0.2, -0.15) is 0 Å². The van der Waals surface area contributed by atoms with Gasteiger partial charge in [-0.3, -0.25) is 0 Å². The summed E-state index contributed by atoms with van der Waals surface area (Å²) in [6.45, 7) is 0. The maximum atomic E-state index is 13.6. The number of aromatic nitrogens is 1. The molecule has 2 rings (SSSR count). The minimum absolute atomic E-state index is 0.267. The average molecular weight is 379 g/mol. The molecule has 0 aliphatic heterocycles. The fourth-order valence-electron chi connectivity index (χ4n) is 1.32. The van der Waals surface area contributed by atoms with Gasteiger partial charge in [0.05, 0.1) is 16.4 Å². The predicted octanol–water partition coefficient (Wildman–Crippen LogP) is 4.21. The number of nitrogens with two attached hydrogens (primary N) is 1. The van der Waals surface area contributed by atoms with Crippen LogP contribution in [0.1, 0.15) is 0 Å². The van der Waals surface area contributed by atoms with Gasteiger partial charge in [-0.15, -0.1) is 0 Å². The largest absolute Gasteiger partial charge is 0.397 e. The monoisotopic (exact) mass is 377 g/mol. The highest BCUT2D eigenvalue weighted by atomic mass is 79.9. The summed E-state index contributed by atoms with van der Waals surface area (Å²) in [5, 5.41) is 2.58. The molecule has 7 heteroatoms. The summed E-state index contributed by atoms with van der Waals surface area (Å²) in [6.07, 6.45) is 1.39. The van der Waals surface area contributed by atoms with Gasteiger partial charge >= 0.3 is 0 Å². The van der Waals surface area contributed by atoms with Crippen LogP contribution in [0.15, 0.2) is 33.3 Å². The zero-order chi connectivity index (χ0) is 13.3. The Bertz CT molecular complexity index is 582. The van der Waals surface area contributed by atoms with Crippen molar-refractivity contribution in [1.82, 2.24) is 4.98 Å². The molecule has 0 saturated heterocycles. The molecule has 0 spiro atoms. The van der Waals surface area contributed by atoms with Gasteiger partial charge in [-0.25, -0.2) is 13.8 Å². The standard InChI is InChI=1S/C11H7Br2F2N3/c12-5-1-8(14)10(9(15)2-5)18-11-7(13)3-6(16)4-17-11/h1-4H,16H2,(H,17,18). The van der Waals surface area contributed by atoms with Crippen LogP contribution in [0, 0.1) is 11.6 Å². The molecule has 94 valence electrons.